The molecular formula is C17H34O2. The highest BCUT2D eigenvalue weighted by molar-refractivity contribution is 5.71. The molecule has 0 amide bonds. The van der Waals surface area contributed by atoms with Crippen molar-refractivity contribution in [2.45, 2.75) is 91.4 Å². The number of hydrogen-bond donors (Lipinski definition) is 0. The van der Waals surface area contributed by atoms with Crippen LogP contribution in [0.2, 0.25) is 0 Å². The molecule has 0 saturated heterocycles. The molecule has 0 aromatic heterocycles. The number of hydrogen-bond acceptors (Lipinski definition) is 2. The van der Waals surface area contributed by atoms with Crippen LogP contribution in [0.3, 0.4) is 0 Å². The SMILES string of the molecule is CCCCCCCCCCCOC(=O)[C@@H](C)CCC. The van der Waals surface area contributed by atoms with Crippen LogP contribution in [-0.2, 0) is 9.53 Å². The highest BCUT2D eigenvalue weighted by atomic mass is 16.5. The van der Waals surface area contributed by atoms with Crippen molar-refractivity contribution < 1.29 is 9.53 Å². The molecule has 114 valence electrons. The first-order valence-corrected chi connectivity index (χ1v) is 8.39. The molecule has 0 fully saturated rings. The maximum Gasteiger partial charge on any atom is 0.308 e. The number of ether oxygens (including phenoxy) is 1. The summed E-state index contributed by atoms with van der Waals surface area (Å²) >= 11 is 0. The van der Waals surface area contributed by atoms with Crippen molar-refractivity contribution in [3.05, 3.63) is 0 Å². The molecule has 0 radical (unpaired) electrons. The van der Waals surface area contributed by atoms with Crippen LogP contribution in [0.15, 0.2) is 0 Å². The molecule has 0 aliphatic carbocycles. The molecule has 0 heterocycles. The standard InChI is InChI=1S/C17H34O2/c1-4-6-7-8-9-10-11-12-13-15-19-17(18)16(3)14-5-2/h16H,4-15H2,1-3H3/t16-/m0/s1. The number of carbonyl (C=O) groups is 1. The molecule has 0 spiro atoms. The van der Waals surface area contributed by atoms with Gasteiger partial charge in [-0.1, -0.05) is 78.6 Å². The Balaban J connectivity index is 3.20. The van der Waals surface area contributed by atoms with Gasteiger partial charge in [-0.25, -0.2) is 0 Å². The summed E-state index contributed by atoms with van der Waals surface area (Å²) in [6.07, 6.45) is 13.7. The van der Waals surface area contributed by atoms with Crippen molar-refractivity contribution in [3.8, 4) is 0 Å². The molecule has 1 atom stereocenters. The maximum absolute atomic E-state index is 11.5. The number of carbonyl (C=O) groups excluding carboxylic acids is 1. The molecule has 0 saturated carbocycles. The Morgan fingerprint density at radius 1 is 0.842 bits per heavy atom. The average Bonchev–Trinajstić information content (AvgIpc) is 2.41. The first-order valence-electron chi connectivity index (χ1n) is 8.39. The summed E-state index contributed by atoms with van der Waals surface area (Å²) in [5.41, 5.74) is 0. The number of unbranched alkanes of at least 4 members (excludes halogenated alkanes) is 8. The molecule has 0 unspecified atom stereocenters. The largest absolute Gasteiger partial charge is 0.465 e. The van der Waals surface area contributed by atoms with Gasteiger partial charge in [0.15, 0.2) is 0 Å². The van der Waals surface area contributed by atoms with Gasteiger partial charge in [-0.05, 0) is 12.8 Å². The van der Waals surface area contributed by atoms with E-state index in [1.165, 1.54) is 51.4 Å². The molecule has 0 N–H and O–H groups in total. The predicted molar refractivity (Wildman–Crippen MR) is 82.3 cm³/mol. The van der Waals surface area contributed by atoms with Gasteiger partial charge >= 0.3 is 5.97 Å². The lowest BCUT2D eigenvalue weighted by molar-refractivity contribution is -0.148. The lowest BCUT2D eigenvalue weighted by Gasteiger charge is -2.10. The van der Waals surface area contributed by atoms with Crippen molar-refractivity contribution in [2.24, 2.45) is 5.92 Å². The summed E-state index contributed by atoms with van der Waals surface area (Å²) < 4.78 is 5.28. The number of esters is 1. The summed E-state index contributed by atoms with van der Waals surface area (Å²) in [6.45, 7) is 6.93. The minimum absolute atomic E-state index is 0.0126. The van der Waals surface area contributed by atoms with Gasteiger partial charge in [0.05, 0.1) is 12.5 Å². The van der Waals surface area contributed by atoms with Crippen LogP contribution >= 0.6 is 0 Å². The molecule has 0 aliphatic rings. The van der Waals surface area contributed by atoms with Gasteiger partial charge in [-0.15, -0.1) is 0 Å². The van der Waals surface area contributed by atoms with Gasteiger partial charge in [-0.2, -0.15) is 0 Å². The topological polar surface area (TPSA) is 26.3 Å². The fourth-order valence-corrected chi connectivity index (χ4v) is 2.28. The van der Waals surface area contributed by atoms with E-state index in [4.69, 9.17) is 4.74 Å². The zero-order valence-corrected chi connectivity index (χ0v) is 13.4. The summed E-state index contributed by atoms with van der Waals surface area (Å²) in [5, 5.41) is 0. The zero-order valence-electron chi connectivity index (χ0n) is 13.4. The second-order valence-electron chi connectivity index (χ2n) is 5.69. The summed E-state index contributed by atoms with van der Waals surface area (Å²) in [6, 6.07) is 0. The molecule has 2 heteroatoms. The molecule has 0 aromatic carbocycles. The Morgan fingerprint density at radius 2 is 1.37 bits per heavy atom. The molecule has 2 nitrogen and oxygen atoms in total. The molecule has 0 bridgehead atoms. The first kappa shape index (κ1) is 18.5. The van der Waals surface area contributed by atoms with Gasteiger partial charge in [-0.3, -0.25) is 4.79 Å². The molecule has 0 aromatic rings. The van der Waals surface area contributed by atoms with Gasteiger partial charge in [0.25, 0.3) is 0 Å². The van der Waals surface area contributed by atoms with Crippen molar-refractivity contribution >= 4 is 5.97 Å². The van der Waals surface area contributed by atoms with Gasteiger partial charge < -0.3 is 4.74 Å². The van der Waals surface area contributed by atoms with E-state index in [1.54, 1.807) is 0 Å². The third-order valence-corrected chi connectivity index (χ3v) is 3.62. The minimum atomic E-state index is -0.0126. The maximum atomic E-state index is 11.5. The average molecular weight is 270 g/mol. The van der Waals surface area contributed by atoms with Crippen LogP contribution in [0.5, 0.6) is 0 Å². The van der Waals surface area contributed by atoms with Crippen LogP contribution < -0.4 is 0 Å². The van der Waals surface area contributed by atoms with E-state index >= 15 is 0 Å². The fourth-order valence-electron chi connectivity index (χ4n) is 2.28. The zero-order chi connectivity index (χ0) is 14.3. The quantitative estimate of drug-likeness (QED) is 0.326. The van der Waals surface area contributed by atoms with E-state index in [2.05, 4.69) is 13.8 Å². The smallest absolute Gasteiger partial charge is 0.308 e. The molecule has 0 aliphatic heterocycles. The Morgan fingerprint density at radius 3 is 1.89 bits per heavy atom. The number of rotatable bonds is 13. The second-order valence-corrected chi connectivity index (χ2v) is 5.69. The lowest BCUT2D eigenvalue weighted by Crippen LogP contribution is -2.15. The summed E-state index contributed by atoms with van der Waals surface area (Å²) in [5.74, 6) is 0.0602. The van der Waals surface area contributed by atoms with Crippen LogP contribution in [0.1, 0.15) is 91.4 Å². The molecule has 19 heavy (non-hydrogen) atoms. The Kier molecular flexibility index (Phi) is 13.5. The Bertz CT molecular complexity index is 201. The summed E-state index contributed by atoms with van der Waals surface area (Å²) in [7, 11) is 0. The highest BCUT2D eigenvalue weighted by Gasteiger charge is 2.12. The monoisotopic (exact) mass is 270 g/mol. The van der Waals surface area contributed by atoms with Crippen LogP contribution in [0.4, 0.5) is 0 Å². The normalized spacial score (nSPS) is 12.4. The molecule has 0 rings (SSSR count). The predicted octanol–water partition coefficient (Wildman–Crippen LogP) is 5.50. The van der Waals surface area contributed by atoms with E-state index in [-0.39, 0.29) is 11.9 Å². The second kappa shape index (κ2) is 13.9. The van der Waals surface area contributed by atoms with E-state index < -0.39 is 0 Å². The van der Waals surface area contributed by atoms with Crippen molar-refractivity contribution in [1.82, 2.24) is 0 Å². The summed E-state index contributed by atoms with van der Waals surface area (Å²) in [4.78, 5) is 11.5. The lowest BCUT2D eigenvalue weighted by atomic mass is 10.1. The van der Waals surface area contributed by atoms with E-state index in [0.717, 1.165) is 19.3 Å². The third kappa shape index (κ3) is 12.3. The fraction of sp³-hybridized carbons (Fsp3) is 0.941. The molecular weight excluding hydrogens is 236 g/mol. The third-order valence-electron chi connectivity index (χ3n) is 3.62. The first-order chi connectivity index (χ1) is 9.22. The van der Waals surface area contributed by atoms with Crippen LogP contribution in [0.25, 0.3) is 0 Å². The van der Waals surface area contributed by atoms with Crippen LogP contribution in [-0.4, -0.2) is 12.6 Å². The van der Waals surface area contributed by atoms with E-state index in [0.29, 0.717) is 6.61 Å². The van der Waals surface area contributed by atoms with E-state index in [9.17, 15) is 4.79 Å². The minimum Gasteiger partial charge on any atom is -0.465 e. The Labute approximate surface area is 120 Å². The van der Waals surface area contributed by atoms with Crippen molar-refractivity contribution in [1.29, 1.82) is 0 Å². The van der Waals surface area contributed by atoms with Gasteiger partial charge in [0.1, 0.15) is 0 Å². The van der Waals surface area contributed by atoms with Crippen molar-refractivity contribution in [2.75, 3.05) is 6.61 Å². The Hall–Kier alpha value is -0.530. The highest BCUT2D eigenvalue weighted by Crippen LogP contribution is 2.11. The van der Waals surface area contributed by atoms with Gasteiger partial charge in [0, 0.05) is 0 Å². The van der Waals surface area contributed by atoms with Gasteiger partial charge in [0.2, 0.25) is 0 Å². The van der Waals surface area contributed by atoms with Crippen molar-refractivity contribution in [3.63, 3.8) is 0 Å². The van der Waals surface area contributed by atoms with Crippen LogP contribution in [0, 0.1) is 5.92 Å². The van der Waals surface area contributed by atoms with E-state index in [1.807, 2.05) is 6.92 Å².